The summed E-state index contributed by atoms with van der Waals surface area (Å²) in [7, 11) is 0. The van der Waals surface area contributed by atoms with E-state index in [2.05, 4.69) is 50.4 Å². The van der Waals surface area contributed by atoms with Gasteiger partial charge in [0.15, 0.2) is 0 Å². The lowest BCUT2D eigenvalue weighted by Crippen LogP contribution is -2.19. The smallest absolute Gasteiger partial charge is 0.0372 e. The van der Waals surface area contributed by atoms with Gasteiger partial charge in [0, 0.05) is 11.7 Å². The summed E-state index contributed by atoms with van der Waals surface area (Å²) in [5, 5.41) is 3.73. The predicted octanol–water partition coefficient (Wildman–Crippen LogP) is 4.77. The summed E-state index contributed by atoms with van der Waals surface area (Å²) in [6, 6.07) is 9.28. The lowest BCUT2D eigenvalue weighted by atomic mass is 9.85. The third-order valence-electron chi connectivity index (χ3n) is 4.08. The van der Waals surface area contributed by atoms with Gasteiger partial charge < -0.3 is 5.32 Å². The molecule has 1 fully saturated rings. The molecule has 0 spiro atoms. The topological polar surface area (TPSA) is 12.0 Å². The zero-order valence-electron chi connectivity index (χ0n) is 11.4. The molecule has 1 saturated carbocycles. The molecule has 1 unspecified atom stereocenters. The van der Waals surface area contributed by atoms with E-state index in [4.69, 9.17) is 0 Å². The molecule has 2 rings (SSSR count). The summed E-state index contributed by atoms with van der Waals surface area (Å²) in [6.45, 7) is 7.00. The van der Waals surface area contributed by atoms with Crippen molar-refractivity contribution in [1.29, 1.82) is 0 Å². The van der Waals surface area contributed by atoms with Gasteiger partial charge in [0.25, 0.3) is 0 Å². The van der Waals surface area contributed by atoms with Gasteiger partial charge in [-0.15, -0.1) is 0 Å². The Morgan fingerprint density at radius 2 is 1.88 bits per heavy atom. The monoisotopic (exact) mass is 231 g/mol. The molecule has 1 heteroatoms. The van der Waals surface area contributed by atoms with E-state index in [1.807, 2.05) is 0 Å². The molecule has 1 aliphatic rings. The van der Waals surface area contributed by atoms with Crippen molar-refractivity contribution in [2.75, 3.05) is 5.32 Å². The molecule has 0 amide bonds. The van der Waals surface area contributed by atoms with Crippen molar-refractivity contribution < 1.29 is 0 Å². The Labute approximate surface area is 106 Å². The Kier molecular flexibility index (Phi) is 3.76. The second-order valence-corrected chi connectivity index (χ2v) is 6.25. The summed E-state index contributed by atoms with van der Waals surface area (Å²) >= 11 is 0. The average Bonchev–Trinajstić information content (AvgIpc) is 2.44. The Morgan fingerprint density at radius 1 is 1.12 bits per heavy atom. The average molecular weight is 231 g/mol. The van der Waals surface area contributed by atoms with Crippen LogP contribution in [0.5, 0.6) is 0 Å². The Bertz CT molecular complexity index is 368. The Morgan fingerprint density at radius 3 is 2.65 bits per heavy atom. The Balaban J connectivity index is 1.98. The molecule has 0 saturated heterocycles. The van der Waals surface area contributed by atoms with Crippen LogP contribution in [-0.4, -0.2) is 6.04 Å². The molecule has 1 nitrogen and oxygen atoms in total. The quantitative estimate of drug-likeness (QED) is 0.723. The van der Waals surface area contributed by atoms with Gasteiger partial charge >= 0.3 is 0 Å². The summed E-state index contributed by atoms with van der Waals surface area (Å²) in [5.41, 5.74) is 3.22. The molecule has 0 aromatic heterocycles. The third-order valence-corrected chi connectivity index (χ3v) is 4.08. The highest BCUT2D eigenvalue weighted by Gasteiger charge is 2.24. The zero-order valence-corrected chi connectivity index (χ0v) is 11.4. The molecule has 1 aromatic carbocycles. The molecule has 0 radical (unpaired) electrons. The van der Waals surface area contributed by atoms with Crippen LogP contribution in [0.4, 0.5) is 5.69 Å². The minimum Gasteiger partial charge on any atom is -0.382 e. The first-order valence-corrected chi connectivity index (χ1v) is 6.89. The van der Waals surface area contributed by atoms with Gasteiger partial charge in [0.2, 0.25) is 0 Å². The van der Waals surface area contributed by atoms with Crippen molar-refractivity contribution in [3.05, 3.63) is 29.8 Å². The van der Waals surface area contributed by atoms with Crippen molar-refractivity contribution in [1.82, 2.24) is 0 Å². The van der Waals surface area contributed by atoms with Crippen LogP contribution in [0.15, 0.2) is 24.3 Å². The maximum absolute atomic E-state index is 3.73. The van der Waals surface area contributed by atoms with Gasteiger partial charge in [0.1, 0.15) is 0 Å². The molecule has 1 aliphatic carbocycles. The van der Waals surface area contributed by atoms with Crippen LogP contribution in [0, 0.1) is 12.3 Å². The first-order valence-electron chi connectivity index (χ1n) is 6.89. The summed E-state index contributed by atoms with van der Waals surface area (Å²) in [4.78, 5) is 0. The molecule has 1 N–H and O–H groups in total. The van der Waals surface area contributed by atoms with Crippen molar-refractivity contribution >= 4 is 5.69 Å². The number of para-hydroxylation sites is 1. The van der Waals surface area contributed by atoms with Gasteiger partial charge in [0.05, 0.1) is 0 Å². The number of rotatable bonds is 2. The maximum Gasteiger partial charge on any atom is 0.0372 e. The van der Waals surface area contributed by atoms with Crippen LogP contribution in [0.3, 0.4) is 0 Å². The lowest BCUT2D eigenvalue weighted by Gasteiger charge is -2.22. The van der Waals surface area contributed by atoms with Crippen molar-refractivity contribution in [3.63, 3.8) is 0 Å². The predicted molar refractivity (Wildman–Crippen MR) is 75.5 cm³/mol. The first-order chi connectivity index (χ1) is 8.07. The van der Waals surface area contributed by atoms with E-state index in [9.17, 15) is 0 Å². The van der Waals surface area contributed by atoms with E-state index in [1.54, 1.807) is 0 Å². The van der Waals surface area contributed by atoms with Crippen LogP contribution in [0.25, 0.3) is 0 Å². The van der Waals surface area contributed by atoms with E-state index in [0.29, 0.717) is 11.5 Å². The molecular formula is C16H25N. The standard InChI is InChI=1S/C16H25N/c1-13-7-4-5-9-15(13)17-14-8-6-11-16(2,3)12-10-14/h4-5,7,9,14,17H,6,8,10-12H2,1-3H3. The highest BCUT2D eigenvalue weighted by Crippen LogP contribution is 2.34. The number of hydrogen-bond donors (Lipinski definition) is 1. The van der Waals surface area contributed by atoms with Crippen LogP contribution in [0.1, 0.15) is 51.5 Å². The molecule has 0 aliphatic heterocycles. The molecule has 0 bridgehead atoms. The van der Waals surface area contributed by atoms with Crippen LogP contribution in [-0.2, 0) is 0 Å². The van der Waals surface area contributed by atoms with E-state index in [0.717, 1.165) is 0 Å². The van der Waals surface area contributed by atoms with Gasteiger partial charge in [-0.1, -0.05) is 38.5 Å². The third kappa shape index (κ3) is 3.49. The zero-order chi connectivity index (χ0) is 12.3. The van der Waals surface area contributed by atoms with E-state index >= 15 is 0 Å². The summed E-state index contributed by atoms with van der Waals surface area (Å²) < 4.78 is 0. The highest BCUT2D eigenvalue weighted by molar-refractivity contribution is 5.50. The first kappa shape index (κ1) is 12.5. The molecule has 17 heavy (non-hydrogen) atoms. The van der Waals surface area contributed by atoms with Gasteiger partial charge in [-0.25, -0.2) is 0 Å². The molecule has 1 aromatic rings. The molecule has 0 heterocycles. The van der Waals surface area contributed by atoms with Gasteiger partial charge in [-0.05, 0) is 49.7 Å². The van der Waals surface area contributed by atoms with Gasteiger partial charge in [-0.2, -0.15) is 0 Å². The largest absolute Gasteiger partial charge is 0.382 e. The van der Waals surface area contributed by atoms with Crippen LogP contribution < -0.4 is 5.32 Å². The Hall–Kier alpha value is -0.980. The maximum atomic E-state index is 3.73. The number of hydrogen-bond acceptors (Lipinski definition) is 1. The van der Waals surface area contributed by atoms with Gasteiger partial charge in [-0.3, -0.25) is 0 Å². The second-order valence-electron chi connectivity index (χ2n) is 6.25. The summed E-state index contributed by atoms with van der Waals surface area (Å²) in [6.07, 6.45) is 6.70. The molecular weight excluding hydrogens is 206 g/mol. The van der Waals surface area contributed by atoms with E-state index < -0.39 is 0 Å². The fourth-order valence-electron chi connectivity index (χ4n) is 2.76. The fourth-order valence-corrected chi connectivity index (χ4v) is 2.76. The number of anilines is 1. The normalized spacial score (nSPS) is 24.1. The minimum atomic E-state index is 0.544. The molecule has 94 valence electrons. The second kappa shape index (κ2) is 5.12. The van der Waals surface area contributed by atoms with Crippen LogP contribution >= 0.6 is 0 Å². The lowest BCUT2D eigenvalue weighted by molar-refractivity contribution is 0.313. The highest BCUT2D eigenvalue weighted by atomic mass is 14.9. The van der Waals surface area contributed by atoms with Crippen molar-refractivity contribution in [2.45, 2.75) is 58.9 Å². The number of aryl methyl sites for hydroxylation is 1. The molecule has 1 atom stereocenters. The van der Waals surface area contributed by atoms with Crippen molar-refractivity contribution in [3.8, 4) is 0 Å². The van der Waals surface area contributed by atoms with Crippen LogP contribution in [0.2, 0.25) is 0 Å². The summed E-state index contributed by atoms with van der Waals surface area (Å²) in [5.74, 6) is 0. The minimum absolute atomic E-state index is 0.544. The van der Waals surface area contributed by atoms with E-state index in [1.165, 1.54) is 43.4 Å². The fraction of sp³-hybridized carbons (Fsp3) is 0.625. The van der Waals surface area contributed by atoms with E-state index in [-0.39, 0.29) is 0 Å². The van der Waals surface area contributed by atoms with Crippen molar-refractivity contribution in [2.24, 2.45) is 5.41 Å². The number of nitrogens with one attached hydrogen (secondary N) is 1. The number of benzene rings is 1. The SMILES string of the molecule is Cc1ccccc1NC1CCCC(C)(C)CC1.